The molecule has 2 aromatic heterocycles. The second kappa shape index (κ2) is 11.3. The smallest absolute Gasteiger partial charge is 0.115 e. The number of benzene rings is 6. The first kappa shape index (κ1) is 26.6. The minimum atomic E-state index is 1.03. The molecule has 0 saturated heterocycles. The van der Waals surface area contributed by atoms with Crippen LogP contribution in [0.2, 0.25) is 0 Å². The highest BCUT2D eigenvalue weighted by molar-refractivity contribution is 6.10. The Labute approximate surface area is 262 Å². The Morgan fingerprint density at radius 1 is 0.489 bits per heavy atom. The van der Waals surface area contributed by atoms with Crippen LogP contribution < -0.4 is 4.90 Å². The molecule has 4 nitrogen and oxygen atoms in total. The van der Waals surface area contributed by atoms with Crippen LogP contribution in [0.1, 0.15) is 5.56 Å². The molecule has 0 unspecified atom stereocenters. The van der Waals surface area contributed by atoms with Crippen molar-refractivity contribution in [1.29, 1.82) is 0 Å². The van der Waals surface area contributed by atoms with E-state index in [-0.39, 0.29) is 0 Å². The Kier molecular flexibility index (Phi) is 6.65. The van der Waals surface area contributed by atoms with E-state index in [0.717, 1.165) is 33.9 Å². The van der Waals surface area contributed by atoms with Crippen LogP contribution in [0.4, 0.5) is 17.1 Å². The van der Waals surface area contributed by atoms with E-state index in [4.69, 9.17) is 0 Å². The van der Waals surface area contributed by atoms with Crippen LogP contribution >= 0.6 is 0 Å². The maximum atomic E-state index is 4.19. The van der Waals surface area contributed by atoms with Crippen molar-refractivity contribution in [2.24, 2.45) is 0 Å². The van der Waals surface area contributed by atoms with Crippen LogP contribution in [0.15, 0.2) is 164 Å². The Hall–Kier alpha value is -6.00. The minimum Gasteiger partial charge on any atom is -0.310 e. The molecule has 0 spiro atoms. The molecule has 214 valence electrons. The van der Waals surface area contributed by atoms with Gasteiger partial charge in [0.1, 0.15) is 6.33 Å². The van der Waals surface area contributed by atoms with Crippen molar-refractivity contribution in [3.63, 3.8) is 0 Å². The van der Waals surface area contributed by atoms with Crippen molar-refractivity contribution in [2.45, 2.75) is 6.92 Å². The number of aryl methyl sites for hydroxylation is 1. The molecule has 0 N–H and O–H groups in total. The van der Waals surface area contributed by atoms with Crippen molar-refractivity contribution in [1.82, 2.24) is 14.5 Å². The van der Waals surface area contributed by atoms with Gasteiger partial charge in [-0.2, -0.15) is 0 Å². The number of fused-ring (bicyclic) bond motifs is 3. The van der Waals surface area contributed by atoms with Crippen LogP contribution in [0, 0.1) is 6.92 Å². The van der Waals surface area contributed by atoms with Gasteiger partial charge in [0, 0.05) is 51.5 Å². The predicted octanol–water partition coefficient (Wildman–Crippen LogP) is 10.7. The SMILES string of the molecule is Cc1cc(-c2ccc(-n3c4ccccc4c4cc(N(c5ccccc5)c5ccccc5)ccc43)cc2)ccc1-c1cncnc1. The quantitative estimate of drug-likeness (QED) is 0.197. The normalized spacial score (nSPS) is 11.2. The summed E-state index contributed by atoms with van der Waals surface area (Å²) < 4.78 is 2.37. The molecule has 0 aliphatic heterocycles. The summed E-state index contributed by atoms with van der Waals surface area (Å²) in [6.45, 7) is 2.14. The molecule has 4 heteroatoms. The van der Waals surface area contributed by atoms with Crippen molar-refractivity contribution < 1.29 is 0 Å². The molecule has 6 aromatic carbocycles. The summed E-state index contributed by atoms with van der Waals surface area (Å²) in [6, 6.07) is 52.1. The lowest BCUT2D eigenvalue weighted by atomic mass is 9.97. The Balaban J connectivity index is 1.21. The van der Waals surface area contributed by atoms with Crippen LogP contribution in [0.25, 0.3) is 49.7 Å². The number of anilines is 3. The zero-order valence-electron chi connectivity index (χ0n) is 24.9. The Bertz CT molecular complexity index is 2220. The van der Waals surface area contributed by atoms with Gasteiger partial charge in [0.15, 0.2) is 0 Å². The summed E-state index contributed by atoms with van der Waals surface area (Å²) >= 11 is 0. The number of aromatic nitrogens is 3. The molecule has 0 bridgehead atoms. The zero-order valence-corrected chi connectivity index (χ0v) is 24.9. The topological polar surface area (TPSA) is 34.0 Å². The number of hydrogen-bond acceptors (Lipinski definition) is 3. The maximum absolute atomic E-state index is 4.19. The van der Waals surface area contributed by atoms with Crippen LogP contribution in [-0.4, -0.2) is 14.5 Å². The summed E-state index contributed by atoms with van der Waals surface area (Å²) in [6.07, 6.45) is 5.29. The molecule has 8 aromatic rings. The fourth-order valence-corrected chi connectivity index (χ4v) is 6.39. The number of hydrogen-bond donors (Lipinski definition) is 0. The fourth-order valence-electron chi connectivity index (χ4n) is 6.39. The summed E-state index contributed by atoms with van der Waals surface area (Å²) in [5, 5.41) is 2.45. The van der Waals surface area contributed by atoms with Gasteiger partial charge in [-0.3, -0.25) is 0 Å². The molecule has 2 heterocycles. The summed E-state index contributed by atoms with van der Waals surface area (Å²) in [7, 11) is 0. The van der Waals surface area contributed by atoms with Crippen molar-refractivity contribution in [3.05, 3.63) is 170 Å². The van der Waals surface area contributed by atoms with E-state index in [0.29, 0.717) is 0 Å². The average molecular weight is 579 g/mol. The van der Waals surface area contributed by atoms with E-state index >= 15 is 0 Å². The molecule has 0 aliphatic rings. The fraction of sp³-hybridized carbons (Fsp3) is 0.0244. The predicted molar refractivity (Wildman–Crippen MR) is 187 cm³/mol. The van der Waals surface area contributed by atoms with Crippen LogP contribution in [0.5, 0.6) is 0 Å². The highest BCUT2D eigenvalue weighted by atomic mass is 15.1. The van der Waals surface area contributed by atoms with Gasteiger partial charge < -0.3 is 9.47 Å². The third-order valence-electron chi connectivity index (χ3n) is 8.50. The van der Waals surface area contributed by atoms with E-state index in [1.54, 1.807) is 6.33 Å². The van der Waals surface area contributed by atoms with E-state index in [1.807, 2.05) is 12.4 Å². The summed E-state index contributed by atoms with van der Waals surface area (Å²) in [4.78, 5) is 10.7. The molecular formula is C41H30N4. The third-order valence-corrected chi connectivity index (χ3v) is 8.50. The van der Waals surface area contributed by atoms with Gasteiger partial charge in [-0.25, -0.2) is 9.97 Å². The lowest BCUT2D eigenvalue weighted by Crippen LogP contribution is -2.09. The molecule has 0 fully saturated rings. The molecular weight excluding hydrogens is 548 g/mol. The second-order valence-electron chi connectivity index (χ2n) is 11.3. The molecule has 45 heavy (non-hydrogen) atoms. The third kappa shape index (κ3) is 4.83. The van der Waals surface area contributed by atoms with Crippen molar-refractivity contribution in [2.75, 3.05) is 4.90 Å². The van der Waals surface area contributed by atoms with Gasteiger partial charge in [0.2, 0.25) is 0 Å². The van der Waals surface area contributed by atoms with E-state index < -0.39 is 0 Å². The van der Waals surface area contributed by atoms with Crippen LogP contribution in [0.3, 0.4) is 0 Å². The lowest BCUT2D eigenvalue weighted by Gasteiger charge is -2.25. The first-order valence-electron chi connectivity index (χ1n) is 15.1. The molecule has 0 aliphatic carbocycles. The van der Waals surface area contributed by atoms with E-state index in [2.05, 4.69) is 172 Å². The van der Waals surface area contributed by atoms with Gasteiger partial charge in [0.25, 0.3) is 0 Å². The maximum Gasteiger partial charge on any atom is 0.115 e. The monoisotopic (exact) mass is 578 g/mol. The van der Waals surface area contributed by atoms with Gasteiger partial charge >= 0.3 is 0 Å². The highest BCUT2D eigenvalue weighted by Gasteiger charge is 2.17. The van der Waals surface area contributed by atoms with E-state index in [9.17, 15) is 0 Å². The largest absolute Gasteiger partial charge is 0.310 e. The summed E-state index contributed by atoms with van der Waals surface area (Å²) in [5.74, 6) is 0. The zero-order chi connectivity index (χ0) is 30.2. The second-order valence-corrected chi connectivity index (χ2v) is 11.3. The molecule has 8 rings (SSSR count). The van der Waals surface area contributed by atoms with Gasteiger partial charge in [0.05, 0.1) is 11.0 Å². The standard InChI is InChI=1S/C41H30N4/c1-29-24-31(18-22-37(29)32-26-42-28-43-27-32)30-16-19-35(20-17-30)45-40-15-9-8-14-38(40)39-25-36(21-23-41(39)45)44(33-10-4-2-5-11-33)34-12-6-3-7-13-34/h2-28H,1H3. The number of para-hydroxylation sites is 3. The molecule has 0 radical (unpaired) electrons. The molecule has 0 saturated carbocycles. The molecule has 0 atom stereocenters. The van der Waals surface area contributed by atoms with Crippen molar-refractivity contribution >= 4 is 38.9 Å². The first-order valence-corrected chi connectivity index (χ1v) is 15.1. The molecule has 0 amide bonds. The average Bonchev–Trinajstić information content (AvgIpc) is 3.43. The minimum absolute atomic E-state index is 1.03. The first-order chi connectivity index (χ1) is 22.2. The van der Waals surface area contributed by atoms with E-state index in [1.165, 1.54) is 38.5 Å². The van der Waals surface area contributed by atoms with Gasteiger partial charge in [-0.05, 0) is 89.8 Å². The highest BCUT2D eigenvalue weighted by Crippen LogP contribution is 2.39. The van der Waals surface area contributed by atoms with Gasteiger partial charge in [-0.15, -0.1) is 0 Å². The number of rotatable bonds is 6. The van der Waals surface area contributed by atoms with Crippen molar-refractivity contribution in [3.8, 4) is 27.9 Å². The number of nitrogens with zero attached hydrogens (tertiary/aromatic N) is 4. The Morgan fingerprint density at radius 2 is 1.11 bits per heavy atom. The van der Waals surface area contributed by atoms with Crippen LogP contribution in [-0.2, 0) is 0 Å². The van der Waals surface area contributed by atoms with Gasteiger partial charge in [-0.1, -0.05) is 84.9 Å². The Morgan fingerprint density at radius 3 is 1.80 bits per heavy atom. The summed E-state index contributed by atoms with van der Waals surface area (Å²) in [5.41, 5.74) is 12.6. The lowest BCUT2D eigenvalue weighted by molar-refractivity contribution is 1.17.